The number of methoxy groups -OCH3 is 1. The first kappa shape index (κ1) is 15.2. The van der Waals surface area contributed by atoms with Crippen LogP contribution in [0.1, 0.15) is 15.9 Å². The molecule has 0 heterocycles. The first-order valence-electron chi connectivity index (χ1n) is 6.26. The molecule has 0 saturated heterocycles. The molecular weight excluding hydrogens is 288 g/mol. The van der Waals surface area contributed by atoms with Gasteiger partial charge in [-0.25, -0.2) is 0 Å². The highest BCUT2D eigenvalue weighted by molar-refractivity contribution is 6.10. The van der Waals surface area contributed by atoms with Crippen LogP contribution in [0.3, 0.4) is 0 Å². The van der Waals surface area contributed by atoms with Crippen molar-refractivity contribution in [3.8, 4) is 28.7 Å². The number of carbonyl (C=O) groups is 1. The molecule has 2 aromatic rings. The van der Waals surface area contributed by atoms with Crippen LogP contribution < -0.4 is 4.74 Å². The summed E-state index contributed by atoms with van der Waals surface area (Å²) in [5, 5.41) is 38.0. The van der Waals surface area contributed by atoms with E-state index in [4.69, 9.17) is 4.74 Å². The van der Waals surface area contributed by atoms with Crippen LogP contribution >= 0.6 is 0 Å². The number of hydrogen-bond donors (Lipinski definition) is 4. The standard InChI is InChI=1S/C16H14O6/c1-22-15-8-11(18)7-14(21)16(15)12(19)5-3-9-2-4-10(17)6-13(9)20/h2-8,17-18,20-21H,1H3/b5-3+. The van der Waals surface area contributed by atoms with Gasteiger partial charge in [-0.2, -0.15) is 0 Å². The van der Waals surface area contributed by atoms with E-state index in [2.05, 4.69) is 0 Å². The molecule has 6 nitrogen and oxygen atoms in total. The third kappa shape index (κ3) is 3.12. The minimum Gasteiger partial charge on any atom is -0.508 e. The van der Waals surface area contributed by atoms with Crippen molar-refractivity contribution in [2.24, 2.45) is 0 Å². The second-order valence-corrected chi connectivity index (χ2v) is 4.48. The Morgan fingerprint density at radius 3 is 2.32 bits per heavy atom. The van der Waals surface area contributed by atoms with E-state index in [0.29, 0.717) is 5.56 Å². The van der Waals surface area contributed by atoms with Gasteiger partial charge in [0.05, 0.1) is 7.11 Å². The lowest BCUT2D eigenvalue weighted by atomic mass is 10.1. The molecule has 0 saturated carbocycles. The molecule has 6 heteroatoms. The van der Waals surface area contributed by atoms with Crippen LogP contribution in [-0.4, -0.2) is 33.3 Å². The van der Waals surface area contributed by atoms with Gasteiger partial charge in [0.25, 0.3) is 0 Å². The van der Waals surface area contributed by atoms with E-state index < -0.39 is 11.5 Å². The minimum atomic E-state index is -0.568. The van der Waals surface area contributed by atoms with Crippen LogP contribution in [0, 0.1) is 0 Å². The molecule has 0 fully saturated rings. The van der Waals surface area contributed by atoms with Gasteiger partial charge in [0.2, 0.25) is 0 Å². The Hall–Kier alpha value is -3.15. The van der Waals surface area contributed by atoms with Gasteiger partial charge in [-0.15, -0.1) is 0 Å². The first-order chi connectivity index (χ1) is 10.4. The largest absolute Gasteiger partial charge is 0.508 e. The van der Waals surface area contributed by atoms with Gasteiger partial charge in [0.1, 0.15) is 34.3 Å². The van der Waals surface area contributed by atoms with Crippen molar-refractivity contribution in [1.82, 2.24) is 0 Å². The zero-order valence-electron chi connectivity index (χ0n) is 11.6. The number of carbonyl (C=O) groups excluding carboxylic acids is 1. The number of rotatable bonds is 4. The zero-order valence-corrected chi connectivity index (χ0v) is 11.6. The molecule has 0 spiro atoms. The summed E-state index contributed by atoms with van der Waals surface area (Å²) in [5.41, 5.74) is 0.221. The SMILES string of the molecule is COc1cc(O)cc(O)c1C(=O)/C=C/c1ccc(O)cc1O. The summed E-state index contributed by atoms with van der Waals surface area (Å²) in [6, 6.07) is 6.17. The average molecular weight is 302 g/mol. The van der Waals surface area contributed by atoms with Crippen molar-refractivity contribution in [2.45, 2.75) is 0 Å². The summed E-state index contributed by atoms with van der Waals surface area (Å²) in [5.74, 6) is -1.47. The van der Waals surface area contributed by atoms with Crippen LogP contribution in [0.25, 0.3) is 6.08 Å². The number of ether oxygens (including phenoxy) is 1. The number of benzene rings is 2. The molecule has 0 aliphatic carbocycles. The summed E-state index contributed by atoms with van der Waals surface area (Å²) >= 11 is 0. The van der Waals surface area contributed by atoms with Crippen LogP contribution in [-0.2, 0) is 0 Å². The zero-order chi connectivity index (χ0) is 16.3. The van der Waals surface area contributed by atoms with E-state index in [0.717, 1.165) is 18.2 Å². The maximum atomic E-state index is 12.2. The highest BCUT2D eigenvalue weighted by Crippen LogP contribution is 2.33. The van der Waals surface area contributed by atoms with E-state index >= 15 is 0 Å². The van der Waals surface area contributed by atoms with E-state index in [9.17, 15) is 25.2 Å². The number of ketones is 1. The molecule has 0 aromatic heterocycles. The van der Waals surface area contributed by atoms with Crippen molar-refractivity contribution in [1.29, 1.82) is 0 Å². The predicted molar refractivity (Wildman–Crippen MR) is 79.5 cm³/mol. The summed E-state index contributed by atoms with van der Waals surface area (Å²) < 4.78 is 4.96. The van der Waals surface area contributed by atoms with Gasteiger partial charge >= 0.3 is 0 Å². The monoisotopic (exact) mass is 302 g/mol. The molecule has 4 N–H and O–H groups in total. The van der Waals surface area contributed by atoms with Crippen molar-refractivity contribution >= 4 is 11.9 Å². The van der Waals surface area contributed by atoms with Gasteiger partial charge in [-0.1, -0.05) is 0 Å². The summed E-state index contributed by atoms with van der Waals surface area (Å²) in [6.07, 6.45) is 2.48. The highest BCUT2D eigenvalue weighted by Gasteiger charge is 2.16. The van der Waals surface area contributed by atoms with E-state index in [1.165, 1.54) is 31.4 Å². The number of phenolic OH excluding ortho intramolecular Hbond substituents is 4. The normalized spacial score (nSPS) is 10.8. The molecule has 0 bridgehead atoms. The topological polar surface area (TPSA) is 107 Å². The molecule has 0 aliphatic heterocycles. The number of aromatic hydroxyl groups is 4. The molecule has 0 amide bonds. The Kier molecular flexibility index (Phi) is 4.22. The van der Waals surface area contributed by atoms with Crippen molar-refractivity contribution < 1.29 is 30.0 Å². The molecule has 2 rings (SSSR count). The lowest BCUT2D eigenvalue weighted by Gasteiger charge is -2.08. The van der Waals surface area contributed by atoms with Crippen molar-refractivity contribution in [3.63, 3.8) is 0 Å². The number of phenols is 4. The van der Waals surface area contributed by atoms with Gasteiger partial charge < -0.3 is 25.2 Å². The maximum Gasteiger partial charge on any atom is 0.193 e. The first-order valence-corrected chi connectivity index (χ1v) is 6.26. The molecular formula is C16H14O6. The second-order valence-electron chi connectivity index (χ2n) is 4.48. The minimum absolute atomic E-state index is 0.0297. The van der Waals surface area contributed by atoms with Gasteiger partial charge in [-0.05, 0) is 24.3 Å². The van der Waals surface area contributed by atoms with Crippen molar-refractivity contribution in [2.75, 3.05) is 7.11 Å². The van der Waals surface area contributed by atoms with E-state index in [1.54, 1.807) is 0 Å². The van der Waals surface area contributed by atoms with Crippen molar-refractivity contribution in [3.05, 3.63) is 47.5 Å². The fourth-order valence-electron chi connectivity index (χ4n) is 1.92. The molecule has 0 radical (unpaired) electrons. The molecule has 114 valence electrons. The summed E-state index contributed by atoms with van der Waals surface area (Å²) in [7, 11) is 1.31. The molecule has 22 heavy (non-hydrogen) atoms. The van der Waals surface area contributed by atoms with Gasteiger partial charge in [0, 0.05) is 23.8 Å². The number of hydrogen-bond acceptors (Lipinski definition) is 6. The van der Waals surface area contributed by atoms with Gasteiger partial charge in [0.15, 0.2) is 5.78 Å². The quantitative estimate of drug-likeness (QED) is 0.510. The van der Waals surface area contributed by atoms with Crippen LogP contribution in [0.4, 0.5) is 0 Å². The Morgan fingerprint density at radius 2 is 1.68 bits per heavy atom. The predicted octanol–water partition coefficient (Wildman–Crippen LogP) is 2.41. The second kappa shape index (κ2) is 6.09. The van der Waals surface area contributed by atoms with E-state index in [-0.39, 0.29) is 28.6 Å². The Morgan fingerprint density at radius 1 is 1.00 bits per heavy atom. The molecule has 2 aromatic carbocycles. The van der Waals surface area contributed by atoms with Gasteiger partial charge in [-0.3, -0.25) is 4.79 Å². The number of allylic oxidation sites excluding steroid dienone is 1. The maximum absolute atomic E-state index is 12.2. The van der Waals surface area contributed by atoms with E-state index in [1.807, 2.05) is 0 Å². The Labute approximate surface area is 126 Å². The molecule has 0 unspecified atom stereocenters. The summed E-state index contributed by atoms with van der Waals surface area (Å²) in [4.78, 5) is 12.2. The third-order valence-corrected chi connectivity index (χ3v) is 2.96. The summed E-state index contributed by atoms with van der Waals surface area (Å²) in [6.45, 7) is 0. The van der Waals surface area contributed by atoms with Crippen LogP contribution in [0.5, 0.6) is 28.7 Å². The third-order valence-electron chi connectivity index (χ3n) is 2.96. The van der Waals surface area contributed by atoms with Crippen LogP contribution in [0.15, 0.2) is 36.4 Å². The Balaban J connectivity index is 2.35. The molecule has 0 atom stereocenters. The lowest BCUT2D eigenvalue weighted by Crippen LogP contribution is -1.99. The highest BCUT2D eigenvalue weighted by atomic mass is 16.5. The smallest absolute Gasteiger partial charge is 0.193 e. The van der Waals surface area contributed by atoms with Crippen LogP contribution in [0.2, 0.25) is 0 Å². The lowest BCUT2D eigenvalue weighted by molar-refractivity contribution is 0.104. The average Bonchev–Trinajstić information content (AvgIpc) is 2.45. The Bertz CT molecular complexity index is 749. The fraction of sp³-hybridized carbons (Fsp3) is 0.0625. The molecule has 0 aliphatic rings. The fourth-order valence-corrected chi connectivity index (χ4v) is 1.92.